The first-order chi connectivity index (χ1) is 16.1. The highest BCUT2D eigenvalue weighted by Gasteiger charge is 2.31. The second kappa shape index (κ2) is 7.66. The highest BCUT2D eigenvalue weighted by molar-refractivity contribution is 7.13. The Morgan fingerprint density at radius 3 is 2.82 bits per heavy atom. The van der Waals surface area contributed by atoms with Gasteiger partial charge in [0.2, 0.25) is 0 Å². The van der Waals surface area contributed by atoms with Gasteiger partial charge in [0.05, 0.1) is 17.1 Å². The minimum atomic E-state index is -0.720. The fourth-order valence-electron chi connectivity index (χ4n) is 4.85. The number of aromatic amines is 1. The van der Waals surface area contributed by atoms with E-state index in [-0.39, 0.29) is 11.8 Å². The Labute approximate surface area is 192 Å². The third kappa shape index (κ3) is 3.25. The average Bonchev–Trinajstić information content (AvgIpc) is 3.57. The Morgan fingerprint density at radius 2 is 2.06 bits per heavy atom. The molecule has 0 atom stereocenters. The molecule has 1 fully saturated rings. The number of thiazole rings is 1. The number of para-hydroxylation sites is 1. The molecule has 5 aromatic rings. The van der Waals surface area contributed by atoms with E-state index < -0.39 is 5.97 Å². The van der Waals surface area contributed by atoms with Crippen LogP contribution in [0.1, 0.15) is 37.4 Å². The number of hydrogen-bond donors (Lipinski definition) is 3. The van der Waals surface area contributed by atoms with Crippen LogP contribution < -0.4 is 5.73 Å². The van der Waals surface area contributed by atoms with Gasteiger partial charge in [-0.25, -0.2) is 19.5 Å². The summed E-state index contributed by atoms with van der Waals surface area (Å²) >= 11 is 1.59. The van der Waals surface area contributed by atoms with Gasteiger partial charge in [0, 0.05) is 28.4 Å². The molecular formula is C23H21N7O2S. The maximum Gasteiger partial charge on any atom is 0.306 e. The molecule has 1 saturated carbocycles. The van der Waals surface area contributed by atoms with Crippen LogP contribution in [0.15, 0.2) is 42.2 Å². The lowest BCUT2D eigenvalue weighted by atomic mass is 9.82. The third-order valence-electron chi connectivity index (χ3n) is 6.50. The molecule has 0 unspecified atom stereocenters. The van der Waals surface area contributed by atoms with E-state index in [9.17, 15) is 9.90 Å². The molecule has 4 heterocycles. The van der Waals surface area contributed by atoms with E-state index in [0.717, 1.165) is 45.8 Å². The minimum Gasteiger partial charge on any atom is -0.481 e. The fourth-order valence-corrected chi connectivity index (χ4v) is 5.52. The normalized spacial score (nSPS) is 18.8. The van der Waals surface area contributed by atoms with Crippen LogP contribution in [0.3, 0.4) is 0 Å². The van der Waals surface area contributed by atoms with Crippen molar-refractivity contribution in [3.63, 3.8) is 0 Å². The lowest BCUT2D eigenvalue weighted by Gasteiger charge is -2.24. The number of carboxylic acid groups (broad SMARTS) is 1. The Balaban J connectivity index is 1.48. The molecular weight excluding hydrogens is 438 g/mol. The van der Waals surface area contributed by atoms with Crippen molar-refractivity contribution >= 4 is 39.5 Å². The van der Waals surface area contributed by atoms with Crippen molar-refractivity contribution in [1.29, 1.82) is 0 Å². The molecule has 1 aliphatic rings. The SMILES string of the molecule is Nc1ncnn2c(C3CCC(C(=O)O)CC3)nc(-c3cc4cccc(-c5nccs5)c4[nH]3)c12. The summed E-state index contributed by atoms with van der Waals surface area (Å²) < 4.78 is 1.77. The van der Waals surface area contributed by atoms with Crippen LogP contribution in [-0.4, -0.2) is 40.6 Å². The molecule has 0 bridgehead atoms. The van der Waals surface area contributed by atoms with Gasteiger partial charge in [-0.3, -0.25) is 4.79 Å². The first-order valence-electron chi connectivity index (χ1n) is 10.8. The van der Waals surface area contributed by atoms with E-state index in [0.29, 0.717) is 29.9 Å². The fraction of sp³-hybridized carbons (Fsp3) is 0.261. The standard InChI is InChI=1S/C23H21N7O2S/c24-20-19-18(16-10-14-2-1-3-15(17(14)28-16)22-25-8-9-33-22)29-21(30(19)27-11-26-20)12-4-6-13(7-5-12)23(31)32/h1-3,8-13,28H,4-7H2,(H,31,32)(H2,24,26,27). The molecule has 10 heteroatoms. The van der Waals surface area contributed by atoms with E-state index in [2.05, 4.69) is 38.2 Å². The van der Waals surface area contributed by atoms with E-state index in [1.165, 1.54) is 6.33 Å². The van der Waals surface area contributed by atoms with Crippen LogP contribution in [0, 0.1) is 5.92 Å². The van der Waals surface area contributed by atoms with Crippen molar-refractivity contribution in [2.24, 2.45) is 5.92 Å². The van der Waals surface area contributed by atoms with Gasteiger partial charge < -0.3 is 15.8 Å². The highest BCUT2D eigenvalue weighted by atomic mass is 32.1. The van der Waals surface area contributed by atoms with Crippen LogP contribution in [0.25, 0.3) is 38.4 Å². The third-order valence-corrected chi connectivity index (χ3v) is 7.31. The first-order valence-corrected chi connectivity index (χ1v) is 11.7. The number of aliphatic carboxylic acids is 1. The van der Waals surface area contributed by atoms with Gasteiger partial charge in [0.25, 0.3) is 0 Å². The summed E-state index contributed by atoms with van der Waals surface area (Å²) in [7, 11) is 0. The number of H-pyrrole nitrogens is 1. The molecule has 6 rings (SSSR count). The summed E-state index contributed by atoms with van der Waals surface area (Å²) in [5.74, 6) is 0.271. The first kappa shape index (κ1) is 19.9. The van der Waals surface area contributed by atoms with Crippen LogP contribution >= 0.6 is 11.3 Å². The summed E-state index contributed by atoms with van der Waals surface area (Å²) in [6.07, 6.45) is 6.00. The molecule has 33 heavy (non-hydrogen) atoms. The van der Waals surface area contributed by atoms with E-state index >= 15 is 0 Å². The number of nitrogens with zero attached hydrogens (tertiary/aromatic N) is 5. The quantitative estimate of drug-likeness (QED) is 0.364. The number of hydrogen-bond acceptors (Lipinski definition) is 7. The predicted molar refractivity (Wildman–Crippen MR) is 126 cm³/mol. The summed E-state index contributed by atoms with van der Waals surface area (Å²) in [4.78, 5) is 28.6. The smallest absolute Gasteiger partial charge is 0.306 e. The molecule has 0 aliphatic heterocycles. The molecule has 166 valence electrons. The van der Waals surface area contributed by atoms with Gasteiger partial charge in [-0.05, 0) is 37.8 Å². The van der Waals surface area contributed by atoms with Gasteiger partial charge in [0.1, 0.15) is 28.4 Å². The average molecular weight is 460 g/mol. The second-order valence-corrected chi connectivity index (χ2v) is 9.30. The maximum atomic E-state index is 11.4. The molecule has 4 aromatic heterocycles. The van der Waals surface area contributed by atoms with Gasteiger partial charge in [-0.15, -0.1) is 11.3 Å². The summed E-state index contributed by atoms with van der Waals surface area (Å²) in [6.45, 7) is 0. The number of nitrogen functional groups attached to an aromatic ring is 1. The Kier molecular flexibility index (Phi) is 4.61. The van der Waals surface area contributed by atoms with Crippen molar-refractivity contribution in [3.8, 4) is 22.0 Å². The molecule has 0 amide bonds. The van der Waals surface area contributed by atoms with Crippen LogP contribution in [0.5, 0.6) is 0 Å². The predicted octanol–water partition coefficient (Wildman–Crippen LogP) is 4.34. The van der Waals surface area contributed by atoms with Crippen LogP contribution in [-0.2, 0) is 4.79 Å². The number of anilines is 1. The number of imidazole rings is 1. The van der Waals surface area contributed by atoms with Crippen molar-refractivity contribution in [1.82, 2.24) is 29.5 Å². The maximum absolute atomic E-state index is 11.4. The Hall–Kier alpha value is -3.79. The van der Waals surface area contributed by atoms with E-state index in [1.54, 1.807) is 22.0 Å². The number of carboxylic acids is 1. The lowest BCUT2D eigenvalue weighted by Crippen LogP contribution is -2.21. The van der Waals surface area contributed by atoms with Gasteiger partial charge in [0.15, 0.2) is 5.82 Å². The lowest BCUT2D eigenvalue weighted by molar-refractivity contribution is -0.142. The molecule has 4 N–H and O–H groups in total. The second-order valence-electron chi connectivity index (χ2n) is 8.40. The van der Waals surface area contributed by atoms with Crippen LogP contribution in [0.2, 0.25) is 0 Å². The van der Waals surface area contributed by atoms with E-state index in [4.69, 9.17) is 10.7 Å². The monoisotopic (exact) mass is 459 g/mol. The highest BCUT2D eigenvalue weighted by Crippen LogP contribution is 2.39. The number of fused-ring (bicyclic) bond motifs is 2. The number of benzene rings is 1. The van der Waals surface area contributed by atoms with Crippen molar-refractivity contribution in [2.75, 3.05) is 5.73 Å². The largest absolute Gasteiger partial charge is 0.481 e. The zero-order chi connectivity index (χ0) is 22.5. The molecule has 1 aliphatic carbocycles. The van der Waals surface area contributed by atoms with Gasteiger partial charge in [-0.1, -0.05) is 12.1 Å². The molecule has 0 saturated heterocycles. The van der Waals surface area contributed by atoms with Crippen LogP contribution in [0.4, 0.5) is 5.82 Å². The molecule has 1 aromatic carbocycles. The van der Waals surface area contributed by atoms with Crippen molar-refractivity contribution < 1.29 is 9.90 Å². The number of carbonyl (C=O) groups is 1. The zero-order valence-corrected chi connectivity index (χ0v) is 18.4. The summed E-state index contributed by atoms with van der Waals surface area (Å²) in [6, 6.07) is 8.19. The topological polar surface area (TPSA) is 135 Å². The molecule has 0 spiro atoms. The Bertz CT molecular complexity index is 1480. The number of aromatic nitrogens is 6. The number of nitrogens with one attached hydrogen (secondary N) is 1. The Morgan fingerprint density at radius 1 is 1.21 bits per heavy atom. The molecule has 0 radical (unpaired) electrons. The number of rotatable bonds is 4. The molecule has 9 nitrogen and oxygen atoms in total. The summed E-state index contributed by atoms with van der Waals surface area (Å²) in [5.41, 5.74) is 10.5. The van der Waals surface area contributed by atoms with Gasteiger partial charge in [-0.2, -0.15) is 5.10 Å². The summed E-state index contributed by atoms with van der Waals surface area (Å²) in [5, 5.41) is 17.8. The van der Waals surface area contributed by atoms with E-state index in [1.807, 2.05) is 11.4 Å². The zero-order valence-electron chi connectivity index (χ0n) is 17.6. The van der Waals surface area contributed by atoms with Crippen molar-refractivity contribution in [2.45, 2.75) is 31.6 Å². The number of nitrogens with two attached hydrogens (primary N) is 1. The van der Waals surface area contributed by atoms with Gasteiger partial charge >= 0.3 is 5.97 Å². The van der Waals surface area contributed by atoms with Crippen molar-refractivity contribution in [3.05, 3.63) is 48.0 Å². The minimum absolute atomic E-state index is 0.117.